The Morgan fingerprint density at radius 3 is 2.85 bits per heavy atom. The van der Waals surface area contributed by atoms with E-state index < -0.39 is 5.82 Å². The molecule has 0 saturated heterocycles. The molecule has 0 N–H and O–H groups in total. The highest BCUT2D eigenvalue weighted by atomic mass is 35.5. The summed E-state index contributed by atoms with van der Waals surface area (Å²) in [5.41, 5.74) is 1.50. The van der Waals surface area contributed by atoms with Gasteiger partial charge in [-0.25, -0.2) is 4.39 Å². The van der Waals surface area contributed by atoms with Crippen LogP contribution in [0.2, 0.25) is 10.0 Å². The van der Waals surface area contributed by atoms with Gasteiger partial charge in [0, 0.05) is 10.6 Å². The van der Waals surface area contributed by atoms with E-state index in [2.05, 4.69) is 10.3 Å². The molecule has 1 aromatic heterocycles. The van der Waals surface area contributed by atoms with Crippen molar-refractivity contribution in [2.75, 3.05) is 0 Å². The quantitative estimate of drug-likeness (QED) is 0.743. The van der Waals surface area contributed by atoms with Crippen molar-refractivity contribution in [2.24, 2.45) is 0 Å². The van der Waals surface area contributed by atoms with Crippen LogP contribution < -0.4 is 4.84 Å². The Bertz CT molecular complexity index is 755. The molecule has 3 aromatic rings. The fourth-order valence-electron chi connectivity index (χ4n) is 1.76. The number of hydrogen-bond donors (Lipinski definition) is 0. The molecule has 0 saturated carbocycles. The SMILES string of the molecule is Fc1cccc(Cl)c1COn1nnc2ccc(Cl)cc21. The van der Waals surface area contributed by atoms with Crippen molar-refractivity contribution in [1.29, 1.82) is 0 Å². The molecule has 0 aliphatic rings. The average Bonchev–Trinajstić information content (AvgIpc) is 2.81. The minimum Gasteiger partial charge on any atom is -0.390 e. The van der Waals surface area contributed by atoms with Gasteiger partial charge >= 0.3 is 0 Å². The van der Waals surface area contributed by atoms with Gasteiger partial charge in [0.05, 0.1) is 5.02 Å². The first-order chi connectivity index (χ1) is 9.65. The molecule has 0 atom stereocenters. The lowest BCUT2D eigenvalue weighted by Gasteiger charge is -2.08. The summed E-state index contributed by atoms with van der Waals surface area (Å²) < 4.78 is 13.6. The summed E-state index contributed by atoms with van der Waals surface area (Å²) in [6, 6.07) is 9.55. The zero-order valence-electron chi connectivity index (χ0n) is 10.1. The smallest absolute Gasteiger partial charge is 0.146 e. The lowest BCUT2D eigenvalue weighted by atomic mass is 10.2. The van der Waals surface area contributed by atoms with Crippen molar-refractivity contribution in [3.63, 3.8) is 0 Å². The van der Waals surface area contributed by atoms with Crippen LogP contribution in [0.1, 0.15) is 5.56 Å². The fraction of sp³-hybridized carbons (Fsp3) is 0.0769. The van der Waals surface area contributed by atoms with Crippen molar-refractivity contribution in [1.82, 2.24) is 15.2 Å². The highest BCUT2D eigenvalue weighted by Gasteiger charge is 2.10. The lowest BCUT2D eigenvalue weighted by molar-refractivity contribution is 0.0734. The molecule has 102 valence electrons. The summed E-state index contributed by atoms with van der Waals surface area (Å²) in [6.07, 6.45) is 0. The largest absolute Gasteiger partial charge is 0.390 e. The van der Waals surface area contributed by atoms with Gasteiger partial charge in [0.2, 0.25) is 0 Å². The van der Waals surface area contributed by atoms with E-state index in [-0.39, 0.29) is 12.2 Å². The van der Waals surface area contributed by atoms with Crippen molar-refractivity contribution in [3.8, 4) is 0 Å². The van der Waals surface area contributed by atoms with Gasteiger partial charge in [-0.3, -0.25) is 0 Å². The van der Waals surface area contributed by atoms with Gasteiger partial charge in [0.25, 0.3) is 0 Å². The van der Waals surface area contributed by atoms with Gasteiger partial charge in [-0.2, -0.15) is 0 Å². The van der Waals surface area contributed by atoms with Crippen LogP contribution in [0.15, 0.2) is 36.4 Å². The van der Waals surface area contributed by atoms with E-state index in [1.807, 2.05) is 0 Å². The third kappa shape index (κ3) is 2.42. The van der Waals surface area contributed by atoms with E-state index in [0.29, 0.717) is 21.1 Å². The van der Waals surface area contributed by atoms with E-state index >= 15 is 0 Å². The fourth-order valence-corrected chi connectivity index (χ4v) is 2.15. The number of aromatic nitrogens is 3. The Morgan fingerprint density at radius 2 is 2.05 bits per heavy atom. The van der Waals surface area contributed by atoms with E-state index in [1.165, 1.54) is 17.0 Å². The van der Waals surface area contributed by atoms with Crippen LogP contribution in [-0.4, -0.2) is 15.2 Å². The maximum absolute atomic E-state index is 13.6. The number of rotatable bonds is 3. The van der Waals surface area contributed by atoms with E-state index in [9.17, 15) is 4.39 Å². The summed E-state index contributed by atoms with van der Waals surface area (Å²) in [7, 11) is 0. The zero-order valence-corrected chi connectivity index (χ0v) is 11.6. The molecule has 0 aliphatic carbocycles. The molecule has 0 radical (unpaired) electrons. The first kappa shape index (κ1) is 13.1. The van der Waals surface area contributed by atoms with Crippen molar-refractivity contribution in [2.45, 2.75) is 6.61 Å². The van der Waals surface area contributed by atoms with Crippen LogP contribution in [0.3, 0.4) is 0 Å². The number of benzene rings is 2. The first-order valence-electron chi connectivity index (χ1n) is 5.72. The summed E-state index contributed by atoms with van der Waals surface area (Å²) in [6.45, 7) is -0.0590. The Hall–Kier alpha value is -1.85. The zero-order chi connectivity index (χ0) is 14.1. The molecule has 7 heteroatoms. The lowest BCUT2D eigenvalue weighted by Crippen LogP contribution is -2.14. The second kappa shape index (κ2) is 5.26. The van der Waals surface area contributed by atoms with Crippen molar-refractivity contribution in [3.05, 3.63) is 57.8 Å². The molecule has 3 rings (SSSR count). The molecule has 0 fully saturated rings. The van der Waals surface area contributed by atoms with Gasteiger partial charge in [0.1, 0.15) is 23.5 Å². The molecule has 0 aliphatic heterocycles. The average molecular weight is 312 g/mol. The normalized spacial score (nSPS) is 10.9. The molecule has 0 amide bonds. The van der Waals surface area contributed by atoms with Gasteiger partial charge < -0.3 is 4.84 Å². The van der Waals surface area contributed by atoms with E-state index in [0.717, 1.165) is 0 Å². The van der Waals surface area contributed by atoms with Gasteiger partial charge in [0.15, 0.2) is 0 Å². The molecular formula is C13H8Cl2FN3O. The van der Waals surface area contributed by atoms with Gasteiger partial charge in [-0.15, -0.1) is 5.10 Å². The maximum atomic E-state index is 13.6. The molecular weight excluding hydrogens is 304 g/mol. The molecule has 4 nitrogen and oxygen atoms in total. The molecule has 0 bridgehead atoms. The Labute approximate surface area is 123 Å². The topological polar surface area (TPSA) is 39.9 Å². The van der Waals surface area contributed by atoms with Gasteiger partial charge in [-0.1, -0.05) is 34.1 Å². The van der Waals surface area contributed by atoms with E-state index in [4.69, 9.17) is 28.0 Å². The second-order valence-corrected chi connectivity index (χ2v) is 4.91. The summed E-state index contributed by atoms with van der Waals surface area (Å²) in [4.78, 5) is 6.62. The van der Waals surface area contributed by atoms with Crippen LogP contribution in [0, 0.1) is 5.82 Å². The standard InChI is InChI=1S/C13H8Cl2FN3O/c14-8-4-5-12-13(6-8)19(18-17-12)20-7-9-10(15)2-1-3-11(9)16/h1-6H,7H2. The molecule has 1 heterocycles. The number of hydrogen-bond acceptors (Lipinski definition) is 3. The first-order valence-corrected chi connectivity index (χ1v) is 6.48. The molecule has 20 heavy (non-hydrogen) atoms. The van der Waals surface area contributed by atoms with Crippen LogP contribution in [0.5, 0.6) is 0 Å². The highest BCUT2D eigenvalue weighted by Crippen LogP contribution is 2.20. The van der Waals surface area contributed by atoms with Crippen LogP contribution >= 0.6 is 23.2 Å². The number of nitrogens with zero attached hydrogens (tertiary/aromatic N) is 3. The third-order valence-electron chi connectivity index (χ3n) is 2.77. The Morgan fingerprint density at radius 1 is 1.20 bits per heavy atom. The van der Waals surface area contributed by atoms with Crippen LogP contribution in [0.4, 0.5) is 4.39 Å². The minimum absolute atomic E-state index is 0.0590. The van der Waals surface area contributed by atoms with Crippen LogP contribution in [-0.2, 0) is 6.61 Å². The summed E-state index contributed by atoms with van der Waals surface area (Å²) in [5.74, 6) is -0.431. The van der Waals surface area contributed by atoms with Crippen LogP contribution in [0.25, 0.3) is 11.0 Å². The third-order valence-corrected chi connectivity index (χ3v) is 3.36. The summed E-state index contributed by atoms with van der Waals surface area (Å²) >= 11 is 11.8. The highest BCUT2D eigenvalue weighted by molar-refractivity contribution is 6.31. The summed E-state index contributed by atoms with van der Waals surface area (Å²) in [5, 5.41) is 8.58. The molecule has 0 spiro atoms. The molecule has 0 unspecified atom stereocenters. The predicted octanol–water partition coefficient (Wildman–Crippen LogP) is 3.51. The molecule has 2 aromatic carbocycles. The monoisotopic (exact) mass is 311 g/mol. The maximum Gasteiger partial charge on any atom is 0.146 e. The van der Waals surface area contributed by atoms with E-state index in [1.54, 1.807) is 24.3 Å². The van der Waals surface area contributed by atoms with Gasteiger partial charge in [-0.05, 0) is 35.5 Å². The van der Waals surface area contributed by atoms with Crippen molar-refractivity contribution < 1.29 is 9.23 Å². The minimum atomic E-state index is -0.431. The Balaban J connectivity index is 1.89. The Kier molecular flexibility index (Phi) is 3.46. The predicted molar refractivity (Wildman–Crippen MR) is 74.2 cm³/mol. The number of fused-ring (bicyclic) bond motifs is 1. The second-order valence-electron chi connectivity index (χ2n) is 4.07. The number of halogens is 3. The van der Waals surface area contributed by atoms with Crippen molar-refractivity contribution >= 4 is 34.2 Å².